The van der Waals surface area contributed by atoms with Crippen molar-refractivity contribution in [1.29, 1.82) is 0 Å². The number of sulfonamides is 1. The third-order valence-electron chi connectivity index (χ3n) is 4.42. The molecule has 5 nitrogen and oxygen atoms in total. The van der Waals surface area contributed by atoms with Crippen molar-refractivity contribution in [3.8, 4) is 11.5 Å². The summed E-state index contributed by atoms with van der Waals surface area (Å²) in [7, 11) is 1.27. The van der Waals surface area contributed by atoms with Gasteiger partial charge in [0, 0.05) is 13.6 Å². The molecule has 0 aliphatic heterocycles. The summed E-state index contributed by atoms with van der Waals surface area (Å²) in [5.41, 5.74) is 2.11. The van der Waals surface area contributed by atoms with Crippen molar-refractivity contribution in [3.05, 3.63) is 53.6 Å². The monoisotopic (exact) mass is 377 g/mol. The number of hydrogen-bond donors (Lipinski definition) is 0. The van der Waals surface area contributed by atoms with Crippen LogP contribution in [0.5, 0.6) is 11.5 Å². The molecule has 26 heavy (non-hydrogen) atoms. The van der Waals surface area contributed by atoms with Gasteiger partial charge in [0.1, 0.15) is 0 Å². The highest BCUT2D eigenvalue weighted by Crippen LogP contribution is 2.28. The zero-order valence-corrected chi connectivity index (χ0v) is 16.8. The van der Waals surface area contributed by atoms with Gasteiger partial charge in [0.15, 0.2) is 11.5 Å². The smallest absolute Gasteiger partial charge is 0.242 e. The number of hydrogen-bond acceptors (Lipinski definition) is 4. The molecule has 0 aliphatic carbocycles. The molecule has 0 N–H and O–H groups in total. The molecule has 0 bridgehead atoms. The van der Waals surface area contributed by atoms with Crippen molar-refractivity contribution in [1.82, 2.24) is 4.31 Å². The maximum Gasteiger partial charge on any atom is 0.242 e. The van der Waals surface area contributed by atoms with Crippen molar-refractivity contribution in [2.45, 2.75) is 31.1 Å². The van der Waals surface area contributed by atoms with Crippen molar-refractivity contribution in [3.63, 3.8) is 0 Å². The van der Waals surface area contributed by atoms with Gasteiger partial charge < -0.3 is 9.47 Å². The molecule has 6 heteroatoms. The van der Waals surface area contributed by atoms with Crippen LogP contribution in [0.15, 0.2) is 47.4 Å². The lowest BCUT2D eigenvalue weighted by Gasteiger charge is -2.18. The first kappa shape index (κ1) is 20.3. The molecule has 0 heterocycles. The van der Waals surface area contributed by atoms with Crippen LogP contribution in [-0.4, -0.2) is 40.5 Å². The Morgan fingerprint density at radius 3 is 2.12 bits per heavy atom. The largest absolute Gasteiger partial charge is 0.493 e. The van der Waals surface area contributed by atoms with Crippen molar-refractivity contribution in [2.75, 3.05) is 27.8 Å². The quantitative estimate of drug-likeness (QED) is 0.704. The standard InChI is InChI=1S/C20H27NO4S/c1-15(2)17-7-9-18(10-8-17)26(22,23)21(3)13-12-16-6-11-19(24-4)20(14-16)25-5/h6-11,14-15H,12-13H2,1-5H3. The average Bonchev–Trinajstić information content (AvgIpc) is 2.65. The van der Waals surface area contributed by atoms with Crippen LogP contribution in [0.3, 0.4) is 0 Å². The summed E-state index contributed by atoms with van der Waals surface area (Å²) in [5, 5.41) is 0. The number of nitrogens with zero attached hydrogens (tertiary/aromatic N) is 1. The van der Waals surface area contributed by atoms with E-state index < -0.39 is 10.0 Å². The topological polar surface area (TPSA) is 55.8 Å². The van der Waals surface area contributed by atoms with Gasteiger partial charge in [-0.2, -0.15) is 0 Å². The highest BCUT2D eigenvalue weighted by Gasteiger charge is 2.20. The highest BCUT2D eigenvalue weighted by atomic mass is 32.2. The van der Waals surface area contributed by atoms with Gasteiger partial charge in [-0.1, -0.05) is 32.0 Å². The summed E-state index contributed by atoms with van der Waals surface area (Å²) in [6.45, 7) is 4.54. The summed E-state index contributed by atoms with van der Waals surface area (Å²) < 4.78 is 37.4. The molecule has 2 rings (SSSR count). The Balaban J connectivity index is 2.09. The first-order valence-electron chi connectivity index (χ1n) is 8.56. The molecular weight excluding hydrogens is 350 g/mol. The molecule has 0 aliphatic rings. The van der Waals surface area contributed by atoms with E-state index in [0.29, 0.717) is 35.3 Å². The van der Waals surface area contributed by atoms with Crippen LogP contribution in [-0.2, 0) is 16.4 Å². The Hall–Kier alpha value is -2.05. The Bertz CT molecular complexity index is 829. The van der Waals surface area contributed by atoms with E-state index in [4.69, 9.17) is 9.47 Å². The zero-order valence-electron chi connectivity index (χ0n) is 16.0. The molecule has 0 fully saturated rings. The van der Waals surface area contributed by atoms with Gasteiger partial charge in [-0.05, 0) is 47.7 Å². The number of rotatable bonds is 8. The van der Waals surface area contributed by atoms with Gasteiger partial charge in [-0.25, -0.2) is 12.7 Å². The minimum absolute atomic E-state index is 0.316. The average molecular weight is 378 g/mol. The van der Waals surface area contributed by atoms with E-state index in [0.717, 1.165) is 11.1 Å². The summed E-state index contributed by atoms with van der Waals surface area (Å²) in [5.74, 6) is 1.66. The van der Waals surface area contributed by atoms with Gasteiger partial charge >= 0.3 is 0 Å². The molecule has 0 amide bonds. The second-order valence-corrected chi connectivity index (χ2v) is 8.53. The van der Waals surface area contributed by atoms with E-state index in [-0.39, 0.29) is 0 Å². The van der Waals surface area contributed by atoms with Crippen LogP contribution in [0.2, 0.25) is 0 Å². The van der Waals surface area contributed by atoms with Crippen LogP contribution >= 0.6 is 0 Å². The maximum absolute atomic E-state index is 12.7. The summed E-state index contributed by atoms with van der Waals surface area (Å²) >= 11 is 0. The molecule has 0 atom stereocenters. The number of ether oxygens (including phenoxy) is 2. The van der Waals surface area contributed by atoms with E-state index in [2.05, 4.69) is 13.8 Å². The summed E-state index contributed by atoms with van der Waals surface area (Å²) in [4.78, 5) is 0.316. The summed E-state index contributed by atoms with van der Waals surface area (Å²) in [6, 6.07) is 12.7. The zero-order chi connectivity index (χ0) is 19.3. The van der Waals surface area contributed by atoms with Crippen molar-refractivity contribution in [2.24, 2.45) is 0 Å². The van der Waals surface area contributed by atoms with Crippen LogP contribution < -0.4 is 9.47 Å². The lowest BCUT2D eigenvalue weighted by molar-refractivity contribution is 0.354. The van der Waals surface area contributed by atoms with Gasteiger partial charge in [-0.3, -0.25) is 0 Å². The second-order valence-electron chi connectivity index (χ2n) is 6.49. The first-order valence-corrected chi connectivity index (χ1v) is 10.0. The Morgan fingerprint density at radius 1 is 0.962 bits per heavy atom. The lowest BCUT2D eigenvalue weighted by Crippen LogP contribution is -2.29. The molecule has 2 aromatic carbocycles. The van der Waals surface area contributed by atoms with Crippen molar-refractivity contribution >= 4 is 10.0 Å². The SMILES string of the molecule is COc1ccc(CCN(C)S(=O)(=O)c2ccc(C(C)C)cc2)cc1OC. The van der Waals surface area contributed by atoms with Gasteiger partial charge in [-0.15, -0.1) is 0 Å². The molecule has 0 unspecified atom stereocenters. The predicted octanol–water partition coefficient (Wildman–Crippen LogP) is 3.69. The molecule has 0 radical (unpaired) electrons. The Kier molecular flexibility index (Phi) is 6.67. The minimum Gasteiger partial charge on any atom is -0.493 e. The number of methoxy groups -OCH3 is 2. The van der Waals surface area contributed by atoms with Gasteiger partial charge in [0.2, 0.25) is 10.0 Å². The number of likely N-dealkylation sites (N-methyl/N-ethyl adjacent to an activating group) is 1. The van der Waals surface area contributed by atoms with E-state index in [1.54, 1.807) is 33.4 Å². The van der Waals surface area contributed by atoms with Crippen molar-refractivity contribution < 1.29 is 17.9 Å². The van der Waals surface area contributed by atoms with Crippen LogP contribution in [0.4, 0.5) is 0 Å². The van der Waals surface area contributed by atoms with E-state index in [1.807, 2.05) is 30.3 Å². The van der Waals surface area contributed by atoms with E-state index in [9.17, 15) is 8.42 Å². The third-order valence-corrected chi connectivity index (χ3v) is 6.29. The fraction of sp³-hybridized carbons (Fsp3) is 0.400. The van der Waals surface area contributed by atoms with Gasteiger partial charge in [0.05, 0.1) is 19.1 Å². The molecule has 142 valence electrons. The van der Waals surface area contributed by atoms with Crippen LogP contribution in [0, 0.1) is 0 Å². The molecule has 0 saturated carbocycles. The molecule has 0 saturated heterocycles. The molecule has 2 aromatic rings. The lowest BCUT2D eigenvalue weighted by atomic mass is 10.0. The fourth-order valence-electron chi connectivity index (χ4n) is 2.65. The Morgan fingerprint density at radius 2 is 1.58 bits per heavy atom. The fourth-order valence-corrected chi connectivity index (χ4v) is 3.82. The molecule has 0 aromatic heterocycles. The molecular formula is C20H27NO4S. The second kappa shape index (κ2) is 8.56. The van der Waals surface area contributed by atoms with E-state index in [1.165, 1.54) is 4.31 Å². The van der Waals surface area contributed by atoms with Crippen LogP contribution in [0.1, 0.15) is 30.9 Å². The minimum atomic E-state index is -3.50. The summed E-state index contributed by atoms with van der Waals surface area (Å²) in [6.07, 6.45) is 0.583. The third kappa shape index (κ3) is 4.56. The van der Waals surface area contributed by atoms with Crippen LogP contribution in [0.25, 0.3) is 0 Å². The normalized spacial score (nSPS) is 11.8. The first-order chi connectivity index (χ1) is 12.3. The maximum atomic E-state index is 12.7. The molecule has 0 spiro atoms. The highest BCUT2D eigenvalue weighted by molar-refractivity contribution is 7.89. The Labute approximate surface area is 156 Å². The van der Waals surface area contributed by atoms with E-state index >= 15 is 0 Å². The van der Waals surface area contributed by atoms with Gasteiger partial charge in [0.25, 0.3) is 0 Å². The predicted molar refractivity (Wildman–Crippen MR) is 104 cm³/mol. The number of benzene rings is 2.